The molecule has 4 amide bonds. The highest BCUT2D eigenvalue weighted by Crippen LogP contribution is 2.27. The topological polar surface area (TPSA) is 57.7 Å². The Morgan fingerprint density at radius 2 is 1.15 bits per heavy atom. The third-order valence-corrected chi connectivity index (χ3v) is 6.08. The Kier molecular flexibility index (Phi) is 7.30. The van der Waals surface area contributed by atoms with Crippen LogP contribution in [0.3, 0.4) is 0 Å². The van der Waals surface area contributed by atoms with E-state index in [9.17, 15) is 14.4 Å². The van der Waals surface area contributed by atoms with Gasteiger partial charge in [0.05, 0.1) is 0 Å². The number of amides is 4. The monoisotopic (exact) mass is 440 g/mol. The first-order valence-electron chi connectivity index (χ1n) is 11.4. The fraction of sp³-hybridized carbons (Fsp3) is 0.250. The summed E-state index contributed by atoms with van der Waals surface area (Å²) in [6.07, 6.45) is 2.20. The second-order valence-corrected chi connectivity index (χ2v) is 8.33. The number of hydrogen-bond acceptors (Lipinski definition) is 3. The summed E-state index contributed by atoms with van der Waals surface area (Å²) in [6, 6.07) is 29.3. The Bertz CT molecular complexity index is 1040. The van der Waals surface area contributed by atoms with Crippen molar-refractivity contribution >= 4 is 17.8 Å². The second-order valence-electron chi connectivity index (χ2n) is 8.33. The molecule has 0 atom stereocenters. The van der Waals surface area contributed by atoms with Gasteiger partial charge in [-0.2, -0.15) is 0 Å². The van der Waals surface area contributed by atoms with Crippen LogP contribution in [0.25, 0.3) is 0 Å². The number of aryl methyl sites for hydroxylation is 1. The molecule has 1 saturated heterocycles. The van der Waals surface area contributed by atoms with Gasteiger partial charge < -0.3 is 0 Å². The molecule has 4 rings (SSSR count). The fourth-order valence-electron chi connectivity index (χ4n) is 4.28. The zero-order valence-corrected chi connectivity index (χ0v) is 18.6. The summed E-state index contributed by atoms with van der Waals surface area (Å²) in [5.41, 5.74) is 3.28. The highest BCUT2D eigenvalue weighted by molar-refractivity contribution is 6.14. The van der Waals surface area contributed by atoms with Gasteiger partial charge in [-0.25, -0.2) is 4.79 Å². The third kappa shape index (κ3) is 5.55. The average Bonchev–Trinajstić information content (AvgIpc) is 2.85. The van der Waals surface area contributed by atoms with Crippen molar-refractivity contribution in [3.8, 4) is 0 Å². The van der Waals surface area contributed by atoms with Gasteiger partial charge in [-0.15, -0.1) is 0 Å². The number of carbonyl (C=O) groups is 3. The molecule has 0 aromatic heterocycles. The summed E-state index contributed by atoms with van der Waals surface area (Å²) in [4.78, 5) is 41.0. The minimum atomic E-state index is -0.507. The lowest BCUT2D eigenvalue weighted by Gasteiger charge is -2.35. The molecule has 0 saturated carbocycles. The van der Waals surface area contributed by atoms with E-state index in [4.69, 9.17) is 0 Å². The molecule has 3 aromatic rings. The smallest absolute Gasteiger partial charge is 0.274 e. The first kappa shape index (κ1) is 22.5. The van der Waals surface area contributed by atoms with Crippen molar-refractivity contribution in [3.63, 3.8) is 0 Å². The molecule has 0 spiro atoms. The van der Waals surface area contributed by atoms with Crippen LogP contribution in [0.1, 0.15) is 41.9 Å². The summed E-state index contributed by atoms with van der Waals surface area (Å²) >= 11 is 0. The molecule has 33 heavy (non-hydrogen) atoms. The van der Waals surface area contributed by atoms with Crippen LogP contribution in [0, 0.1) is 0 Å². The van der Waals surface area contributed by atoms with Crippen molar-refractivity contribution in [2.45, 2.75) is 31.6 Å². The second kappa shape index (κ2) is 10.7. The molecule has 1 heterocycles. The van der Waals surface area contributed by atoms with E-state index in [0.29, 0.717) is 13.0 Å². The zero-order chi connectivity index (χ0) is 23.0. The third-order valence-electron chi connectivity index (χ3n) is 6.08. The van der Waals surface area contributed by atoms with Crippen LogP contribution in [0.4, 0.5) is 4.79 Å². The summed E-state index contributed by atoms with van der Waals surface area (Å²) in [7, 11) is 0. The molecule has 0 N–H and O–H groups in total. The number of unbranched alkanes of at least 4 members (excludes halogenated alkanes) is 1. The summed E-state index contributed by atoms with van der Waals surface area (Å²) in [5, 5.41) is 0. The van der Waals surface area contributed by atoms with Crippen LogP contribution in [0.15, 0.2) is 91.0 Å². The molecule has 0 aliphatic carbocycles. The Labute approximate surface area is 194 Å². The Morgan fingerprint density at radius 3 is 1.73 bits per heavy atom. The Morgan fingerprint density at radius 1 is 0.636 bits per heavy atom. The Balaban J connectivity index is 1.46. The number of carbonyl (C=O) groups excluding carboxylic acids is 3. The molecule has 3 aromatic carbocycles. The lowest BCUT2D eigenvalue weighted by Crippen LogP contribution is -2.56. The molecular formula is C28H28N2O3. The standard InChI is InChI=1S/C28H28N2O3/c31-26-20-27(32)30(28(33)29(26)19-11-10-14-22-12-4-1-5-13-22)21-25(23-15-6-2-7-16-23)24-17-8-3-9-18-24/h1-9,12-13,15-18,25H,10-11,14,19-21H2. The highest BCUT2D eigenvalue weighted by Gasteiger charge is 2.38. The van der Waals surface area contributed by atoms with Gasteiger partial charge >= 0.3 is 6.03 Å². The molecular weight excluding hydrogens is 412 g/mol. The van der Waals surface area contributed by atoms with Gasteiger partial charge in [0.15, 0.2) is 0 Å². The SMILES string of the molecule is O=C1CC(=O)N(CC(c2ccccc2)c2ccccc2)C(=O)N1CCCCc1ccccc1. The minimum Gasteiger partial charge on any atom is -0.274 e. The van der Waals surface area contributed by atoms with Gasteiger partial charge in [0.25, 0.3) is 0 Å². The molecule has 0 radical (unpaired) electrons. The molecule has 1 aliphatic rings. The normalized spacial score (nSPS) is 14.3. The van der Waals surface area contributed by atoms with Crippen molar-refractivity contribution < 1.29 is 14.4 Å². The van der Waals surface area contributed by atoms with Crippen LogP contribution in [0.5, 0.6) is 0 Å². The van der Waals surface area contributed by atoms with Crippen LogP contribution < -0.4 is 0 Å². The number of urea groups is 1. The molecule has 168 valence electrons. The lowest BCUT2D eigenvalue weighted by molar-refractivity contribution is -0.142. The van der Waals surface area contributed by atoms with E-state index in [2.05, 4.69) is 12.1 Å². The summed E-state index contributed by atoms with van der Waals surface area (Å²) in [5.74, 6) is -0.993. The van der Waals surface area contributed by atoms with Crippen molar-refractivity contribution in [2.24, 2.45) is 0 Å². The van der Waals surface area contributed by atoms with Gasteiger partial charge in [-0.1, -0.05) is 91.0 Å². The van der Waals surface area contributed by atoms with E-state index in [1.165, 1.54) is 15.4 Å². The first-order valence-corrected chi connectivity index (χ1v) is 11.4. The lowest BCUT2D eigenvalue weighted by atomic mass is 9.90. The molecule has 5 nitrogen and oxygen atoms in total. The van der Waals surface area contributed by atoms with Crippen molar-refractivity contribution in [3.05, 3.63) is 108 Å². The van der Waals surface area contributed by atoms with Crippen LogP contribution >= 0.6 is 0 Å². The molecule has 0 unspecified atom stereocenters. The van der Waals surface area contributed by atoms with Gasteiger partial charge in [0.2, 0.25) is 11.8 Å². The van der Waals surface area contributed by atoms with E-state index in [-0.39, 0.29) is 18.9 Å². The number of imide groups is 2. The predicted molar refractivity (Wildman–Crippen MR) is 128 cm³/mol. The summed E-state index contributed by atoms with van der Waals surface area (Å²) in [6.45, 7) is 0.537. The fourth-order valence-corrected chi connectivity index (χ4v) is 4.28. The highest BCUT2D eigenvalue weighted by atomic mass is 16.2. The quantitative estimate of drug-likeness (QED) is 0.347. The van der Waals surface area contributed by atoms with Crippen molar-refractivity contribution in [1.29, 1.82) is 0 Å². The van der Waals surface area contributed by atoms with E-state index in [1.807, 2.05) is 78.9 Å². The van der Waals surface area contributed by atoms with Gasteiger partial charge in [0, 0.05) is 19.0 Å². The number of benzene rings is 3. The predicted octanol–water partition coefficient (Wildman–Crippen LogP) is 5.02. The Hall–Kier alpha value is -3.73. The van der Waals surface area contributed by atoms with E-state index in [1.54, 1.807) is 0 Å². The molecule has 0 bridgehead atoms. The van der Waals surface area contributed by atoms with Crippen LogP contribution in [0.2, 0.25) is 0 Å². The van der Waals surface area contributed by atoms with Gasteiger partial charge in [0.1, 0.15) is 6.42 Å². The first-order chi connectivity index (χ1) is 16.1. The number of hydrogen-bond donors (Lipinski definition) is 0. The zero-order valence-electron chi connectivity index (χ0n) is 18.6. The number of rotatable bonds is 9. The summed E-state index contributed by atoms with van der Waals surface area (Å²) < 4.78 is 0. The molecule has 5 heteroatoms. The molecule has 1 aliphatic heterocycles. The van der Waals surface area contributed by atoms with Crippen molar-refractivity contribution in [2.75, 3.05) is 13.1 Å². The maximum absolute atomic E-state index is 13.2. The minimum absolute atomic E-state index is 0.159. The maximum Gasteiger partial charge on any atom is 0.333 e. The van der Waals surface area contributed by atoms with E-state index >= 15 is 0 Å². The number of barbiturate groups is 1. The van der Waals surface area contributed by atoms with E-state index in [0.717, 1.165) is 24.0 Å². The maximum atomic E-state index is 13.2. The largest absolute Gasteiger partial charge is 0.333 e. The average molecular weight is 441 g/mol. The number of nitrogens with zero attached hydrogens (tertiary/aromatic N) is 2. The molecule has 1 fully saturated rings. The van der Waals surface area contributed by atoms with Gasteiger partial charge in [-0.3, -0.25) is 19.4 Å². The van der Waals surface area contributed by atoms with Crippen molar-refractivity contribution in [1.82, 2.24) is 9.80 Å². The van der Waals surface area contributed by atoms with Gasteiger partial charge in [-0.05, 0) is 36.0 Å². The van der Waals surface area contributed by atoms with Crippen LogP contribution in [-0.2, 0) is 16.0 Å². The van der Waals surface area contributed by atoms with E-state index < -0.39 is 17.8 Å². The van der Waals surface area contributed by atoms with Crippen LogP contribution in [-0.4, -0.2) is 40.7 Å².